The summed E-state index contributed by atoms with van der Waals surface area (Å²) in [6.45, 7) is 0. The van der Waals surface area contributed by atoms with Crippen LogP contribution in [0.2, 0.25) is 0 Å². The van der Waals surface area contributed by atoms with E-state index in [-0.39, 0.29) is 0 Å². The second-order valence-corrected chi connectivity index (χ2v) is 10.8. The van der Waals surface area contributed by atoms with Gasteiger partial charge >= 0.3 is 0 Å². The SMILES string of the molecule is Brp1c(-c2ccccc2)c(-c2ccccc2)c(-c2ccccc2)c1-c1ccccc1. The molecule has 0 saturated heterocycles. The Hall–Kier alpha value is -2.86. The molecule has 1 heterocycles. The normalized spacial score (nSPS) is 10.8. The van der Waals surface area contributed by atoms with Crippen molar-refractivity contribution in [2.45, 2.75) is 0 Å². The smallest absolute Gasteiger partial charge is 0.0207 e. The van der Waals surface area contributed by atoms with Crippen LogP contribution in [-0.4, -0.2) is 0 Å². The first-order valence-corrected chi connectivity index (χ1v) is 13.4. The van der Waals surface area contributed by atoms with Crippen molar-refractivity contribution >= 4 is 21.7 Å². The maximum atomic E-state index is 4.17. The Labute approximate surface area is 186 Å². The maximum absolute atomic E-state index is 4.17. The predicted octanol–water partition coefficient (Wildman–Crippen LogP) is 9.50. The molecule has 0 atom stereocenters. The zero-order valence-corrected chi connectivity index (χ0v) is 18.9. The van der Waals surface area contributed by atoms with E-state index in [4.69, 9.17) is 0 Å². The number of halogens is 1. The molecule has 144 valence electrons. The van der Waals surface area contributed by atoms with Gasteiger partial charge in [-0.05, 0) is 44.0 Å². The lowest BCUT2D eigenvalue weighted by molar-refractivity contribution is 1.61. The van der Waals surface area contributed by atoms with Crippen molar-refractivity contribution in [3.8, 4) is 44.0 Å². The summed E-state index contributed by atoms with van der Waals surface area (Å²) in [5.74, 6) is 0. The third kappa shape index (κ3) is 3.45. The summed E-state index contributed by atoms with van der Waals surface area (Å²) in [6.07, 6.45) is -0.699. The second kappa shape index (κ2) is 8.48. The molecule has 5 aromatic rings. The van der Waals surface area contributed by atoms with Gasteiger partial charge in [0.05, 0.1) is 0 Å². The number of hydrogen-bond acceptors (Lipinski definition) is 0. The fourth-order valence-electron chi connectivity index (χ4n) is 4.02. The fraction of sp³-hybridized carbons (Fsp3) is 0. The number of hydrogen-bond donors (Lipinski definition) is 0. The van der Waals surface area contributed by atoms with E-state index in [2.05, 4.69) is 137 Å². The highest BCUT2D eigenvalue weighted by molar-refractivity contribution is 9.38. The minimum absolute atomic E-state index is 0.699. The molecular formula is C28H20BrP. The molecule has 5 rings (SSSR count). The topological polar surface area (TPSA) is 0 Å². The molecule has 0 bridgehead atoms. The van der Waals surface area contributed by atoms with E-state index in [1.165, 1.54) is 44.0 Å². The highest BCUT2D eigenvalue weighted by Crippen LogP contribution is 2.65. The van der Waals surface area contributed by atoms with E-state index in [1.54, 1.807) is 0 Å². The van der Waals surface area contributed by atoms with Gasteiger partial charge in [0.1, 0.15) is 0 Å². The summed E-state index contributed by atoms with van der Waals surface area (Å²) >= 11 is 4.17. The molecule has 0 saturated carbocycles. The molecule has 0 unspecified atom stereocenters. The summed E-state index contributed by atoms with van der Waals surface area (Å²) in [6, 6.07) is 43.2. The molecule has 0 aliphatic carbocycles. The van der Waals surface area contributed by atoms with Crippen LogP contribution >= 0.6 is 21.7 Å². The van der Waals surface area contributed by atoms with E-state index < -0.39 is 6.24 Å². The standard InChI is InChI=1S/C28H20BrP/c29-30-27(23-17-9-3-10-18-23)25(21-13-5-1-6-14-21)26(22-15-7-2-8-16-22)28(30)24-19-11-4-12-20-24/h1-20H. The minimum Gasteiger partial charge on any atom is -0.0622 e. The molecule has 0 fully saturated rings. The molecule has 0 amide bonds. The van der Waals surface area contributed by atoms with E-state index in [0.717, 1.165) is 0 Å². The van der Waals surface area contributed by atoms with Crippen LogP contribution in [0.15, 0.2) is 121 Å². The van der Waals surface area contributed by atoms with E-state index in [1.807, 2.05) is 0 Å². The van der Waals surface area contributed by atoms with Crippen LogP contribution in [0.1, 0.15) is 0 Å². The molecular weight excluding hydrogens is 447 g/mol. The van der Waals surface area contributed by atoms with Gasteiger partial charge in [-0.15, -0.1) is 0 Å². The zero-order valence-electron chi connectivity index (χ0n) is 16.4. The van der Waals surface area contributed by atoms with Crippen molar-refractivity contribution in [2.75, 3.05) is 0 Å². The molecule has 2 heteroatoms. The van der Waals surface area contributed by atoms with Crippen LogP contribution in [0.25, 0.3) is 44.0 Å². The Morgan fingerprint density at radius 3 is 0.933 bits per heavy atom. The van der Waals surface area contributed by atoms with Crippen LogP contribution in [-0.2, 0) is 0 Å². The number of rotatable bonds is 4. The molecule has 0 N–H and O–H groups in total. The summed E-state index contributed by atoms with van der Waals surface area (Å²) in [4.78, 5) is 0. The Balaban J connectivity index is 1.95. The fourth-order valence-corrected chi connectivity index (χ4v) is 8.17. The van der Waals surface area contributed by atoms with Crippen molar-refractivity contribution in [2.24, 2.45) is 0 Å². The molecule has 0 aliphatic heterocycles. The molecule has 1 aromatic heterocycles. The Bertz CT molecular complexity index is 1160. The van der Waals surface area contributed by atoms with Crippen LogP contribution in [0.3, 0.4) is 0 Å². The van der Waals surface area contributed by atoms with Gasteiger partial charge in [-0.1, -0.05) is 121 Å². The van der Waals surface area contributed by atoms with Crippen LogP contribution in [0.4, 0.5) is 0 Å². The first-order valence-electron chi connectivity index (χ1n) is 10.0. The van der Waals surface area contributed by atoms with Crippen molar-refractivity contribution in [1.29, 1.82) is 0 Å². The molecule has 30 heavy (non-hydrogen) atoms. The second-order valence-electron chi connectivity index (χ2n) is 7.19. The Morgan fingerprint density at radius 2 is 0.633 bits per heavy atom. The van der Waals surface area contributed by atoms with Gasteiger partial charge in [-0.25, -0.2) is 0 Å². The van der Waals surface area contributed by atoms with Crippen molar-refractivity contribution in [1.82, 2.24) is 0 Å². The summed E-state index contributed by atoms with van der Waals surface area (Å²) in [5, 5.41) is 2.77. The lowest BCUT2D eigenvalue weighted by Gasteiger charge is -2.11. The van der Waals surface area contributed by atoms with Crippen molar-refractivity contribution in [3.05, 3.63) is 121 Å². The molecule has 0 nitrogen and oxygen atoms in total. The van der Waals surface area contributed by atoms with Gasteiger partial charge in [0.2, 0.25) is 0 Å². The Morgan fingerprint density at radius 1 is 0.367 bits per heavy atom. The lowest BCUT2D eigenvalue weighted by atomic mass is 9.91. The molecule has 0 spiro atoms. The third-order valence-corrected chi connectivity index (χ3v) is 9.21. The summed E-state index contributed by atoms with van der Waals surface area (Å²) in [7, 11) is 0. The molecule has 4 aromatic carbocycles. The average molecular weight is 467 g/mol. The summed E-state index contributed by atoms with van der Waals surface area (Å²) < 4.78 is 0. The van der Waals surface area contributed by atoms with Crippen molar-refractivity contribution < 1.29 is 0 Å². The first kappa shape index (κ1) is 19.1. The van der Waals surface area contributed by atoms with Crippen LogP contribution < -0.4 is 0 Å². The van der Waals surface area contributed by atoms with E-state index in [9.17, 15) is 0 Å². The number of benzene rings is 4. The Kier molecular flexibility index (Phi) is 5.41. The van der Waals surface area contributed by atoms with Gasteiger partial charge in [0.25, 0.3) is 0 Å². The van der Waals surface area contributed by atoms with Crippen molar-refractivity contribution in [3.63, 3.8) is 0 Å². The van der Waals surface area contributed by atoms with Gasteiger partial charge in [-0.2, -0.15) is 0 Å². The van der Waals surface area contributed by atoms with Gasteiger partial charge in [-0.3, -0.25) is 0 Å². The van der Waals surface area contributed by atoms with Gasteiger partial charge in [0.15, 0.2) is 0 Å². The minimum atomic E-state index is -0.699. The van der Waals surface area contributed by atoms with Crippen LogP contribution in [0, 0.1) is 0 Å². The first-order chi connectivity index (χ1) is 14.8. The quantitative estimate of drug-likeness (QED) is 0.247. The highest BCUT2D eigenvalue weighted by atomic mass is 79.9. The largest absolute Gasteiger partial charge is 0.0622 e. The summed E-state index contributed by atoms with van der Waals surface area (Å²) in [5.41, 5.74) is 7.73. The predicted molar refractivity (Wildman–Crippen MR) is 135 cm³/mol. The zero-order chi connectivity index (χ0) is 20.3. The van der Waals surface area contributed by atoms with Gasteiger partial charge < -0.3 is 0 Å². The van der Waals surface area contributed by atoms with Gasteiger partial charge in [0, 0.05) is 21.7 Å². The monoisotopic (exact) mass is 466 g/mol. The van der Waals surface area contributed by atoms with E-state index >= 15 is 0 Å². The highest BCUT2D eigenvalue weighted by Gasteiger charge is 2.26. The molecule has 0 radical (unpaired) electrons. The molecule has 0 aliphatic rings. The van der Waals surface area contributed by atoms with Crippen LogP contribution in [0.5, 0.6) is 0 Å². The maximum Gasteiger partial charge on any atom is 0.0207 e. The lowest BCUT2D eigenvalue weighted by Crippen LogP contribution is -1.85. The van der Waals surface area contributed by atoms with E-state index in [0.29, 0.717) is 0 Å². The third-order valence-electron chi connectivity index (χ3n) is 5.34. The average Bonchev–Trinajstić information content (AvgIpc) is 3.14.